The first kappa shape index (κ1) is 18.2. The third kappa shape index (κ3) is 4.23. The van der Waals surface area contributed by atoms with Crippen molar-refractivity contribution in [3.63, 3.8) is 0 Å². The van der Waals surface area contributed by atoms with Crippen LogP contribution in [0.15, 0.2) is 89.5 Å². The average Bonchev–Trinajstić information content (AvgIpc) is 3.29. The minimum atomic E-state index is -0.530. The van der Waals surface area contributed by atoms with Crippen molar-refractivity contribution >= 4 is 5.97 Å². The van der Waals surface area contributed by atoms with Crippen molar-refractivity contribution < 1.29 is 13.9 Å². The normalized spacial score (nSPS) is 10.3. The van der Waals surface area contributed by atoms with E-state index in [1.165, 1.54) is 6.26 Å². The molecule has 0 spiro atoms. The smallest absolute Gasteiger partial charge is 0.360 e. The van der Waals surface area contributed by atoms with Gasteiger partial charge in [-0.25, -0.2) is 9.78 Å². The molecular formula is C24H16N2O3. The lowest BCUT2D eigenvalue weighted by molar-refractivity contribution is 0.0465. The molecular weight excluding hydrogens is 364 g/mol. The summed E-state index contributed by atoms with van der Waals surface area (Å²) >= 11 is 0. The summed E-state index contributed by atoms with van der Waals surface area (Å²) in [5.74, 6) is -0.180. The first-order valence-corrected chi connectivity index (χ1v) is 9.00. The van der Waals surface area contributed by atoms with Gasteiger partial charge in [-0.3, -0.25) is 0 Å². The van der Waals surface area contributed by atoms with Crippen LogP contribution in [-0.4, -0.2) is 11.0 Å². The molecule has 3 aromatic carbocycles. The first-order valence-electron chi connectivity index (χ1n) is 9.00. The Hall–Kier alpha value is -4.17. The Morgan fingerprint density at radius 2 is 1.52 bits per heavy atom. The maximum atomic E-state index is 12.2. The van der Waals surface area contributed by atoms with Crippen LogP contribution >= 0.6 is 0 Å². The van der Waals surface area contributed by atoms with Gasteiger partial charge >= 0.3 is 5.97 Å². The topological polar surface area (TPSA) is 76.1 Å². The molecule has 5 heteroatoms. The molecule has 0 radical (unpaired) electrons. The van der Waals surface area contributed by atoms with Gasteiger partial charge in [0.15, 0.2) is 5.69 Å². The van der Waals surface area contributed by atoms with Gasteiger partial charge in [-0.05, 0) is 41.0 Å². The van der Waals surface area contributed by atoms with E-state index in [2.05, 4.69) is 11.1 Å². The Morgan fingerprint density at radius 3 is 2.17 bits per heavy atom. The molecule has 0 aliphatic rings. The Bertz CT molecular complexity index is 1160. The number of nitrogens with zero attached hydrogens (tertiary/aromatic N) is 2. The van der Waals surface area contributed by atoms with Crippen LogP contribution in [0.5, 0.6) is 0 Å². The van der Waals surface area contributed by atoms with Gasteiger partial charge in [-0.15, -0.1) is 0 Å². The van der Waals surface area contributed by atoms with E-state index in [1.807, 2.05) is 66.7 Å². The number of carbonyl (C=O) groups excluding carboxylic acids is 1. The molecule has 0 N–H and O–H groups in total. The second-order valence-corrected chi connectivity index (χ2v) is 6.37. The summed E-state index contributed by atoms with van der Waals surface area (Å²) < 4.78 is 10.7. The SMILES string of the molecule is N#Cc1ccc(-c2ccc(-c3nc(C(=O)OCc4ccccc4)co3)cc2)cc1. The summed E-state index contributed by atoms with van der Waals surface area (Å²) in [7, 11) is 0. The third-order valence-corrected chi connectivity index (χ3v) is 4.41. The minimum Gasteiger partial charge on any atom is -0.456 e. The van der Waals surface area contributed by atoms with Gasteiger partial charge in [0.05, 0.1) is 11.6 Å². The number of carbonyl (C=O) groups is 1. The monoisotopic (exact) mass is 380 g/mol. The van der Waals surface area contributed by atoms with Crippen molar-refractivity contribution in [3.8, 4) is 28.7 Å². The predicted octanol–water partition coefficient (Wildman–Crippen LogP) is 5.24. The molecule has 4 rings (SSSR count). The van der Waals surface area contributed by atoms with E-state index in [0.717, 1.165) is 22.3 Å². The highest BCUT2D eigenvalue weighted by molar-refractivity contribution is 5.87. The average molecular weight is 380 g/mol. The summed E-state index contributed by atoms with van der Waals surface area (Å²) in [6.07, 6.45) is 1.30. The molecule has 5 nitrogen and oxygen atoms in total. The van der Waals surface area contributed by atoms with Crippen LogP contribution in [0.2, 0.25) is 0 Å². The molecule has 1 heterocycles. The second-order valence-electron chi connectivity index (χ2n) is 6.37. The van der Waals surface area contributed by atoms with E-state index in [4.69, 9.17) is 14.4 Å². The number of hydrogen-bond acceptors (Lipinski definition) is 5. The van der Waals surface area contributed by atoms with Crippen LogP contribution in [-0.2, 0) is 11.3 Å². The zero-order chi connectivity index (χ0) is 20.1. The highest BCUT2D eigenvalue weighted by atomic mass is 16.5. The number of benzene rings is 3. The summed E-state index contributed by atoms with van der Waals surface area (Å²) in [5, 5.41) is 8.89. The van der Waals surface area contributed by atoms with Crippen molar-refractivity contribution in [1.29, 1.82) is 5.26 Å². The van der Waals surface area contributed by atoms with Crippen molar-refractivity contribution in [2.75, 3.05) is 0 Å². The minimum absolute atomic E-state index is 0.132. The molecule has 0 atom stereocenters. The highest BCUT2D eigenvalue weighted by Crippen LogP contribution is 2.25. The van der Waals surface area contributed by atoms with Gasteiger partial charge < -0.3 is 9.15 Å². The van der Waals surface area contributed by atoms with Gasteiger partial charge in [-0.1, -0.05) is 54.6 Å². The van der Waals surface area contributed by atoms with Gasteiger partial charge in [0.25, 0.3) is 0 Å². The Balaban J connectivity index is 1.44. The van der Waals surface area contributed by atoms with Gasteiger partial charge in [0.1, 0.15) is 12.9 Å². The number of aromatic nitrogens is 1. The summed E-state index contributed by atoms with van der Waals surface area (Å²) in [5.41, 5.74) is 4.43. The zero-order valence-electron chi connectivity index (χ0n) is 15.4. The van der Waals surface area contributed by atoms with Crippen LogP contribution in [0, 0.1) is 11.3 Å². The Labute approximate surface area is 167 Å². The predicted molar refractivity (Wildman–Crippen MR) is 108 cm³/mol. The molecule has 4 aromatic rings. The fourth-order valence-corrected chi connectivity index (χ4v) is 2.84. The third-order valence-electron chi connectivity index (χ3n) is 4.41. The number of oxazole rings is 1. The molecule has 0 aliphatic heterocycles. The molecule has 0 fully saturated rings. The summed E-state index contributed by atoms with van der Waals surface area (Å²) in [6, 6.07) is 26.6. The van der Waals surface area contributed by atoms with E-state index in [1.54, 1.807) is 12.1 Å². The lowest BCUT2D eigenvalue weighted by atomic mass is 10.0. The number of ether oxygens (including phenoxy) is 1. The van der Waals surface area contributed by atoms with Crippen molar-refractivity contribution in [3.05, 3.63) is 102 Å². The largest absolute Gasteiger partial charge is 0.456 e. The van der Waals surface area contributed by atoms with Gasteiger partial charge in [-0.2, -0.15) is 5.26 Å². The van der Waals surface area contributed by atoms with E-state index < -0.39 is 5.97 Å². The van der Waals surface area contributed by atoms with Crippen molar-refractivity contribution in [1.82, 2.24) is 4.98 Å². The maximum Gasteiger partial charge on any atom is 0.360 e. The highest BCUT2D eigenvalue weighted by Gasteiger charge is 2.15. The van der Waals surface area contributed by atoms with Gasteiger partial charge in [0, 0.05) is 5.56 Å². The fraction of sp³-hybridized carbons (Fsp3) is 0.0417. The summed E-state index contributed by atoms with van der Waals surface area (Å²) in [6.45, 7) is 0.182. The lowest BCUT2D eigenvalue weighted by Gasteiger charge is -2.03. The molecule has 0 bridgehead atoms. The number of hydrogen-bond donors (Lipinski definition) is 0. The zero-order valence-corrected chi connectivity index (χ0v) is 15.4. The maximum absolute atomic E-state index is 12.2. The quantitative estimate of drug-likeness (QED) is 0.443. The van der Waals surface area contributed by atoms with E-state index >= 15 is 0 Å². The fourth-order valence-electron chi connectivity index (χ4n) is 2.84. The van der Waals surface area contributed by atoms with Crippen LogP contribution < -0.4 is 0 Å². The number of nitriles is 1. The van der Waals surface area contributed by atoms with Gasteiger partial charge in [0.2, 0.25) is 5.89 Å². The van der Waals surface area contributed by atoms with E-state index in [0.29, 0.717) is 11.5 Å². The molecule has 0 aliphatic carbocycles. The van der Waals surface area contributed by atoms with Crippen LogP contribution in [0.1, 0.15) is 21.6 Å². The molecule has 0 saturated carbocycles. The van der Waals surface area contributed by atoms with Crippen LogP contribution in [0.25, 0.3) is 22.6 Å². The Morgan fingerprint density at radius 1 is 0.897 bits per heavy atom. The molecule has 0 saturated heterocycles. The van der Waals surface area contributed by atoms with Crippen molar-refractivity contribution in [2.24, 2.45) is 0 Å². The Kier molecular flexibility index (Phi) is 5.17. The molecule has 1 aromatic heterocycles. The van der Waals surface area contributed by atoms with Crippen molar-refractivity contribution in [2.45, 2.75) is 6.61 Å². The molecule has 0 unspecified atom stereocenters. The second kappa shape index (κ2) is 8.24. The molecule has 0 amide bonds. The van der Waals surface area contributed by atoms with Crippen LogP contribution in [0.3, 0.4) is 0 Å². The first-order chi connectivity index (χ1) is 14.2. The van der Waals surface area contributed by atoms with E-state index in [9.17, 15) is 4.79 Å². The standard InChI is InChI=1S/C24H16N2O3/c25-14-17-6-8-19(9-7-17)20-10-12-21(13-11-20)23-26-22(16-28-23)24(27)29-15-18-4-2-1-3-5-18/h1-13,16H,15H2. The van der Waals surface area contributed by atoms with Crippen LogP contribution in [0.4, 0.5) is 0 Å². The number of rotatable bonds is 5. The van der Waals surface area contributed by atoms with E-state index in [-0.39, 0.29) is 12.3 Å². The molecule has 29 heavy (non-hydrogen) atoms. The summed E-state index contributed by atoms with van der Waals surface area (Å²) in [4.78, 5) is 16.4. The molecule has 140 valence electrons. The lowest BCUT2D eigenvalue weighted by Crippen LogP contribution is -2.05. The number of esters is 1.